The number of benzene rings is 1. The Balaban J connectivity index is 1.38. The van der Waals surface area contributed by atoms with Crippen LogP contribution in [-0.4, -0.2) is 50.9 Å². The Kier molecular flexibility index (Phi) is 4.33. The Morgan fingerprint density at radius 1 is 1.14 bits per heavy atom. The van der Waals surface area contributed by atoms with E-state index in [9.17, 15) is 0 Å². The van der Waals surface area contributed by atoms with Gasteiger partial charge in [-0.15, -0.1) is 0 Å². The molecule has 1 aromatic carbocycles. The number of rotatable bonds is 3. The van der Waals surface area contributed by atoms with Crippen LogP contribution in [0.2, 0.25) is 0 Å². The number of likely N-dealkylation sites (N-methyl/N-ethyl adjacent to an activating group) is 1. The predicted octanol–water partition coefficient (Wildman–Crippen LogP) is 3.88. The number of aromatic nitrogens is 3. The second kappa shape index (κ2) is 6.75. The lowest BCUT2D eigenvalue weighted by Crippen LogP contribution is -2.56. The number of likely N-dealkylation sites (tertiary alicyclic amines) is 1. The molecule has 0 unspecified atom stereocenters. The van der Waals surface area contributed by atoms with Gasteiger partial charge < -0.3 is 9.97 Å². The van der Waals surface area contributed by atoms with Gasteiger partial charge in [0.2, 0.25) is 0 Å². The number of nitrogens with one attached hydrogen (secondary N) is 2. The minimum Gasteiger partial charge on any atom is -0.358 e. The van der Waals surface area contributed by atoms with E-state index in [-0.39, 0.29) is 5.54 Å². The van der Waals surface area contributed by atoms with Crippen LogP contribution in [0, 0.1) is 13.8 Å². The summed E-state index contributed by atoms with van der Waals surface area (Å²) in [5, 5.41) is 1.37. The first kappa shape index (κ1) is 18.0. The fourth-order valence-electron chi connectivity index (χ4n) is 5.53. The summed E-state index contributed by atoms with van der Waals surface area (Å²) in [5.74, 6) is 0. The number of aromatic amines is 2. The molecule has 3 aromatic rings. The van der Waals surface area contributed by atoms with Gasteiger partial charge in [0.1, 0.15) is 0 Å². The maximum atomic E-state index is 4.77. The molecular weight excluding hydrogens is 346 g/mol. The average Bonchev–Trinajstić information content (AvgIpc) is 3.31. The first-order valence-electron chi connectivity index (χ1n) is 10.7. The minimum absolute atomic E-state index is 0.129. The minimum atomic E-state index is 0.129. The van der Waals surface area contributed by atoms with Crippen LogP contribution in [0.3, 0.4) is 0 Å². The Bertz CT molecular complexity index is 990. The molecule has 0 bridgehead atoms. The van der Waals surface area contributed by atoms with Gasteiger partial charge in [-0.2, -0.15) is 0 Å². The van der Waals surface area contributed by atoms with Gasteiger partial charge in [-0.25, -0.2) is 4.98 Å². The maximum absolute atomic E-state index is 4.77. The Morgan fingerprint density at radius 2 is 1.96 bits per heavy atom. The summed E-state index contributed by atoms with van der Waals surface area (Å²) in [6.45, 7) is 12.2. The van der Waals surface area contributed by atoms with E-state index in [1.54, 1.807) is 0 Å². The fraction of sp³-hybridized carbons (Fsp3) is 0.522. The van der Waals surface area contributed by atoms with Crippen LogP contribution in [0.25, 0.3) is 10.9 Å². The van der Waals surface area contributed by atoms with Crippen LogP contribution in [0.5, 0.6) is 0 Å². The van der Waals surface area contributed by atoms with E-state index in [2.05, 4.69) is 58.7 Å². The van der Waals surface area contributed by atoms with Crippen LogP contribution >= 0.6 is 0 Å². The topological polar surface area (TPSA) is 51.0 Å². The highest BCUT2D eigenvalue weighted by Gasteiger charge is 2.45. The molecule has 0 atom stereocenters. The fourth-order valence-corrected chi connectivity index (χ4v) is 5.53. The first-order valence-corrected chi connectivity index (χ1v) is 10.7. The van der Waals surface area contributed by atoms with Gasteiger partial charge in [0.05, 0.1) is 23.1 Å². The van der Waals surface area contributed by atoms with Crippen molar-refractivity contribution in [3.8, 4) is 0 Å². The Hall–Kier alpha value is -2.11. The molecule has 0 amide bonds. The summed E-state index contributed by atoms with van der Waals surface area (Å²) in [4.78, 5) is 17.1. The zero-order valence-corrected chi connectivity index (χ0v) is 17.3. The van der Waals surface area contributed by atoms with Gasteiger partial charge in [-0.05, 0) is 44.4 Å². The highest BCUT2D eigenvalue weighted by atomic mass is 15.3. The van der Waals surface area contributed by atoms with Gasteiger partial charge in [-0.1, -0.05) is 25.1 Å². The van der Waals surface area contributed by atoms with Gasteiger partial charge in [-0.3, -0.25) is 9.80 Å². The Morgan fingerprint density at radius 3 is 2.75 bits per heavy atom. The zero-order valence-electron chi connectivity index (χ0n) is 17.3. The van der Waals surface area contributed by atoms with Crippen molar-refractivity contribution in [3.63, 3.8) is 0 Å². The standard InChI is InChI=1S/C23H31N5/c1-4-28-11-8-20-22(25-15-24-20)23(28)9-12-27(13-10-23)14-18-6-5-7-19-16(2)17(3)26-21(18)19/h5-7,15,26H,4,8-14H2,1-3H3,(H,24,25). The van der Waals surface area contributed by atoms with Gasteiger partial charge in [0.15, 0.2) is 0 Å². The van der Waals surface area contributed by atoms with E-state index < -0.39 is 0 Å². The van der Waals surface area contributed by atoms with Crippen LogP contribution in [-0.2, 0) is 18.5 Å². The van der Waals surface area contributed by atoms with Crippen molar-refractivity contribution >= 4 is 10.9 Å². The number of hydrogen-bond donors (Lipinski definition) is 2. The van der Waals surface area contributed by atoms with Crippen molar-refractivity contribution in [3.05, 3.63) is 52.7 Å². The quantitative estimate of drug-likeness (QED) is 0.728. The largest absolute Gasteiger partial charge is 0.358 e. The number of aryl methyl sites for hydroxylation is 2. The number of H-pyrrole nitrogens is 2. The van der Waals surface area contributed by atoms with Crippen LogP contribution < -0.4 is 0 Å². The summed E-state index contributed by atoms with van der Waals surface area (Å²) in [6.07, 6.45) is 5.33. The van der Waals surface area contributed by atoms with Crippen molar-refractivity contribution in [2.45, 2.75) is 52.1 Å². The maximum Gasteiger partial charge on any atom is 0.0926 e. The normalized spacial score (nSPS) is 20.1. The zero-order chi connectivity index (χ0) is 19.3. The third-order valence-electron chi connectivity index (χ3n) is 7.28. The molecular formula is C23H31N5. The molecule has 2 aliphatic heterocycles. The van der Waals surface area contributed by atoms with Crippen LogP contribution in [0.15, 0.2) is 24.5 Å². The van der Waals surface area contributed by atoms with Gasteiger partial charge >= 0.3 is 0 Å². The van der Waals surface area contributed by atoms with Crippen molar-refractivity contribution in [1.82, 2.24) is 24.8 Å². The molecule has 148 valence electrons. The van der Waals surface area contributed by atoms with E-state index in [0.29, 0.717) is 0 Å². The SMILES string of the molecule is CCN1CCc2[nH]cnc2C12CCN(Cc1cccc3c(C)c(C)[nH]c13)CC2. The number of imidazole rings is 1. The lowest BCUT2D eigenvalue weighted by molar-refractivity contribution is 0.00719. The first-order chi connectivity index (χ1) is 13.6. The molecule has 5 nitrogen and oxygen atoms in total. The highest BCUT2D eigenvalue weighted by molar-refractivity contribution is 5.87. The van der Waals surface area contributed by atoms with E-state index in [1.165, 1.54) is 39.1 Å². The number of piperidine rings is 1. The van der Waals surface area contributed by atoms with E-state index in [1.807, 2.05) is 6.33 Å². The van der Waals surface area contributed by atoms with E-state index >= 15 is 0 Å². The van der Waals surface area contributed by atoms with E-state index in [4.69, 9.17) is 4.98 Å². The molecule has 5 rings (SSSR count). The smallest absolute Gasteiger partial charge is 0.0926 e. The summed E-state index contributed by atoms with van der Waals surface area (Å²) >= 11 is 0. The molecule has 5 heteroatoms. The molecule has 1 spiro atoms. The predicted molar refractivity (Wildman–Crippen MR) is 114 cm³/mol. The second-order valence-corrected chi connectivity index (χ2v) is 8.58. The molecule has 28 heavy (non-hydrogen) atoms. The summed E-state index contributed by atoms with van der Waals surface area (Å²) < 4.78 is 0. The van der Waals surface area contributed by atoms with Gasteiger partial charge in [0.25, 0.3) is 0 Å². The van der Waals surface area contributed by atoms with Crippen LogP contribution in [0.4, 0.5) is 0 Å². The number of nitrogens with zero attached hydrogens (tertiary/aromatic N) is 3. The van der Waals surface area contributed by atoms with Crippen molar-refractivity contribution in [1.29, 1.82) is 0 Å². The van der Waals surface area contributed by atoms with Crippen LogP contribution in [0.1, 0.15) is 48.0 Å². The van der Waals surface area contributed by atoms with Crippen molar-refractivity contribution in [2.75, 3.05) is 26.2 Å². The Labute approximate surface area is 167 Å². The second-order valence-electron chi connectivity index (χ2n) is 8.58. The molecule has 4 heterocycles. The van der Waals surface area contributed by atoms with Crippen molar-refractivity contribution in [2.24, 2.45) is 0 Å². The molecule has 0 radical (unpaired) electrons. The third-order valence-corrected chi connectivity index (χ3v) is 7.28. The van der Waals surface area contributed by atoms with Gasteiger partial charge in [0, 0.05) is 49.4 Å². The third kappa shape index (κ3) is 2.64. The van der Waals surface area contributed by atoms with E-state index in [0.717, 1.165) is 52.0 Å². The number of hydrogen-bond acceptors (Lipinski definition) is 3. The molecule has 2 aliphatic rings. The monoisotopic (exact) mass is 377 g/mol. The summed E-state index contributed by atoms with van der Waals surface area (Å²) in [7, 11) is 0. The lowest BCUT2D eigenvalue weighted by atomic mass is 9.78. The molecule has 0 aliphatic carbocycles. The summed E-state index contributed by atoms with van der Waals surface area (Å²) in [5.41, 5.74) is 8.21. The highest BCUT2D eigenvalue weighted by Crippen LogP contribution is 2.42. The molecule has 2 N–H and O–H groups in total. The lowest BCUT2D eigenvalue weighted by Gasteiger charge is -2.50. The summed E-state index contributed by atoms with van der Waals surface area (Å²) in [6, 6.07) is 6.73. The molecule has 0 saturated carbocycles. The number of fused-ring (bicyclic) bond motifs is 3. The molecule has 1 saturated heterocycles. The number of para-hydroxylation sites is 1. The van der Waals surface area contributed by atoms with Crippen molar-refractivity contribution < 1.29 is 0 Å². The molecule has 2 aromatic heterocycles. The molecule has 1 fully saturated rings. The average molecular weight is 378 g/mol.